The Morgan fingerprint density at radius 3 is 2.80 bits per heavy atom. The van der Waals surface area contributed by atoms with E-state index in [1.54, 1.807) is 43.7 Å². The zero-order valence-corrected chi connectivity index (χ0v) is 19.9. The first kappa shape index (κ1) is 22.9. The van der Waals surface area contributed by atoms with Gasteiger partial charge in [0.25, 0.3) is 5.91 Å². The Bertz CT molecular complexity index is 1430. The fraction of sp³-hybridized carbons (Fsp3) is 0.320. The van der Waals surface area contributed by atoms with Gasteiger partial charge in [-0.2, -0.15) is 0 Å². The van der Waals surface area contributed by atoms with Crippen LogP contribution in [0.3, 0.4) is 0 Å². The molecule has 1 aliphatic rings. The molecule has 0 saturated heterocycles. The Hall–Kier alpha value is -3.92. The number of fused-ring (bicyclic) bond motifs is 1. The molecule has 0 fully saturated rings. The number of halogens is 1. The molecule has 1 aliphatic heterocycles. The number of rotatable bonds is 5. The number of aliphatic hydroxyl groups is 1. The average Bonchev–Trinajstić information content (AvgIpc) is 3.52. The minimum absolute atomic E-state index is 0.131. The summed E-state index contributed by atoms with van der Waals surface area (Å²) in [7, 11) is 0. The Balaban J connectivity index is 1.43. The molecule has 180 valence electrons. The maximum absolute atomic E-state index is 14.8. The predicted octanol–water partition coefficient (Wildman–Crippen LogP) is 3.96. The molecule has 9 nitrogen and oxygen atoms in total. The van der Waals surface area contributed by atoms with Crippen molar-refractivity contribution in [2.45, 2.75) is 52.2 Å². The van der Waals surface area contributed by atoms with Crippen LogP contribution < -0.4 is 5.32 Å². The lowest BCUT2D eigenvalue weighted by Gasteiger charge is -2.14. The number of amides is 1. The zero-order chi connectivity index (χ0) is 24.9. The van der Waals surface area contributed by atoms with Crippen LogP contribution in [-0.4, -0.2) is 40.3 Å². The van der Waals surface area contributed by atoms with E-state index in [1.807, 2.05) is 6.07 Å². The molecule has 0 bridgehead atoms. The van der Waals surface area contributed by atoms with Gasteiger partial charge in [-0.05, 0) is 63.9 Å². The number of aromatic nitrogens is 6. The first-order valence-electron chi connectivity index (χ1n) is 11.4. The van der Waals surface area contributed by atoms with Crippen molar-refractivity contribution in [2.75, 3.05) is 5.32 Å². The van der Waals surface area contributed by atoms with Crippen LogP contribution in [0, 0.1) is 12.7 Å². The molecule has 0 spiro atoms. The largest absolute Gasteiger partial charge is 0.384 e. The third kappa shape index (κ3) is 4.21. The Kier molecular flexibility index (Phi) is 5.47. The highest BCUT2D eigenvalue weighted by Gasteiger charge is 2.25. The van der Waals surface area contributed by atoms with E-state index >= 15 is 0 Å². The molecule has 4 aromatic rings. The summed E-state index contributed by atoms with van der Waals surface area (Å²) < 4.78 is 18.5. The highest BCUT2D eigenvalue weighted by Crippen LogP contribution is 2.30. The molecular weight excluding hydrogens is 449 g/mol. The fourth-order valence-corrected chi connectivity index (χ4v) is 4.30. The second-order valence-electron chi connectivity index (χ2n) is 9.40. The molecule has 4 heterocycles. The molecule has 1 aromatic carbocycles. The van der Waals surface area contributed by atoms with Crippen LogP contribution in [-0.2, 0) is 12.0 Å². The molecule has 10 heteroatoms. The standard InChI is InChI=1S/C25H26FN7O2/c1-14-10-17(26)16(11-19(14)32-12-20(27-13-32)25(3,4)35)24(34)29-21-7-5-6-18(28-21)23-31-30-22-9-8-15(2)33(22)23/h5-7,10-13,15,35H,8-9H2,1-4H3,(H,28,29,34)/t15-/m0/s1. The van der Waals surface area contributed by atoms with Crippen LogP contribution in [0.2, 0.25) is 0 Å². The van der Waals surface area contributed by atoms with Crippen molar-refractivity contribution >= 4 is 11.7 Å². The smallest absolute Gasteiger partial charge is 0.259 e. The van der Waals surface area contributed by atoms with Crippen molar-refractivity contribution in [2.24, 2.45) is 0 Å². The van der Waals surface area contributed by atoms with Gasteiger partial charge in [0.1, 0.15) is 28.8 Å². The minimum Gasteiger partial charge on any atom is -0.384 e. The number of nitrogens with one attached hydrogen (secondary N) is 1. The van der Waals surface area contributed by atoms with E-state index < -0.39 is 17.3 Å². The van der Waals surface area contributed by atoms with Crippen molar-refractivity contribution in [1.82, 2.24) is 29.3 Å². The number of nitrogens with zero attached hydrogens (tertiary/aromatic N) is 6. The van der Waals surface area contributed by atoms with Crippen molar-refractivity contribution in [1.29, 1.82) is 0 Å². The summed E-state index contributed by atoms with van der Waals surface area (Å²) in [6.45, 7) is 7.11. The molecule has 35 heavy (non-hydrogen) atoms. The molecule has 3 aromatic heterocycles. The molecular formula is C25H26FN7O2. The van der Waals surface area contributed by atoms with E-state index in [9.17, 15) is 14.3 Å². The van der Waals surface area contributed by atoms with Crippen LogP contribution in [0.4, 0.5) is 10.2 Å². The van der Waals surface area contributed by atoms with Crippen molar-refractivity contribution in [3.63, 3.8) is 0 Å². The van der Waals surface area contributed by atoms with Gasteiger partial charge in [0.15, 0.2) is 5.82 Å². The van der Waals surface area contributed by atoms with Gasteiger partial charge in [-0.25, -0.2) is 14.4 Å². The summed E-state index contributed by atoms with van der Waals surface area (Å²) in [5.74, 6) is 0.574. The lowest BCUT2D eigenvalue weighted by Crippen LogP contribution is -2.16. The predicted molar refractivity (Wildman–Crippen MR) is 128 cm³/mol. The summed E-state index contributed by atoms with van der Waals surface area (Å²) in [5, 5.41) is 21.4. The van der Waals surface area contributed by atoms with E-state index in [-0.39, 0.29) is 17.4 Å². The van der Waals surface area contributed by atoms with Crippen LogP contribution >= 0.6 is 0 Å². The third-order valence-corrected chi connectivity index (χ3v) is 6.23. The number of carbonyl (C=O) groups is 1. The topological polar surface area (TPSA) is 111 Å². The summed E-state index contributed by atoms with van der Waals surface area (Å²) >= 11 is 0. The SMILES string of the molecule is Cc1cc(F)c(C(=O)Nc2cccc(-c3nnc4n3[C@@H](C)CC4)n2)cc1-n1cnc(C(C)(C)O)c1. The first-order valence-corrected chi connectivity index (χ1v) is 11.4. The fourth-order valence-electron chi connectivity index (χ4n) is 4.30. The number of hydrogen-bond donors (Lipinski definition) is 2. The third-order valence-electron chi connectivity index (χ3n) is 6.23. The quantitative estimate of drug-likeness (QED) is 0.452. The Morgan fingerprint density at radius 2 is 2.06 bits per heavy atom. The summed E-state index contributed by atoms with van der Waals surface area (Å²) in [5.41, 5.74) is 0.981. The molecule has 0 unspecified atom stereocenters. The molecule has 5 rings (SSSR count). The van der Waals surface area contributed by atoms with E-state index in [0.717, 1.165) is 18.7 Å². The normalized spacial score (nSPS) is 15.3. The zero-order valence-electron chi connectivity index (χ0n) is 19.9. The van der Waals surface area contributed by atoms with Gasteiger partial charge in [-0.15, -0.1) is 10.2 Å². The Labute approximate surface area is 201 Å². The van der Waals surface area contributed by atoms with Gasteiger partial charge in [0, 0.05) is 18.7 Å². The summed E-state index contributed by atoms with van der Waals surface area (Å²) in [6.07, 6.45) is 5.05. The van der Waals surface area contributed by atoms with E-state index in [4.69, 9.17) is 0 Å². The lowest BCUT2D eigenvalue weighted by atomic mass is 10.1. The van der Waals surface area contributed by atoms with Gasteiger partial charge < -0.3 is 19.6 Å². The first-order chi connectivity index (χ1) is 16.6. The highest BCUT2D eigenvalue weighted by molar-refractivity contribution is 6.04. The maximum atomic E-state index is 14.8. The van der Waals surface area contributed by atoms with Gasteiger partial charge in [-0.3, -0.25) is 4.79 Å². The lowest BCUT2D eigenvalue weighted by molar-refractivity contribution is 0.0742. The van der Waals surface area contributed by atoms with Crippen molar-refractivity contribution < 1.29 is 14.3 Å². The van der Waals surface area contributed by atoms with Crippen molar-refractivity contribution in [3.8, 4) is 17.2 Å². The number of anilines is 1. The summed E-state index contributed by atoms with van der Waals surface area (Å²) in [6, 6.07) is 8.26. The van der Waals surface area contributed by atoms with E-state index in [1.165, 1.54) is 18.5 Å². The highest BCUT2D eigenvalue weighted by atomic mass is 19.1. The number of hydrogen-bond acceptors (Lipinski definition) is 6. The summed E-state index contributed by atoms with van der Waals surface area (Å²) in [4.78, 5) is 21.8. The average molecular weight is 476 g/mol. The van der Waals surface area contributed by atoms with E-state index in [2.05, 4.69) is 37.0 Å². The molecule has 0 saturated carbocycles. The van der Waals surface area contributed by atoms with Gasteiger partial charge in [0.2, 0.25) is 0 Å². The number of carbonyl (C=O) groups excluding carboxylic acids is 1. The second-order valence-corrected chi connectivity index (χ2v) is 9.40. The monoisotopic (exact) mass is 475 g/mol. The molecule has 1 amide bonds. The molecule has 0 radical (unpaired) electrons. The molecule has 1 atom stereocenters. The van der Waals surface area contributed by atoms with Crippen LogP contribution in [0.5, 0.6) is 0 Å². The van der Waals surface area contributed by atoms with Gasteiger partial charge in [0.05, 0.1) is 23.3 Å². The Morgan fingerprint density at radius 1 is 1.26 bits per heavy atom. The molecule has 2 N–H and O–H groups in total. The second kappa shape index (κ2) is 8.38. The van der Waals surface area contributed by atoms with Crippen LogP contribution in [0.1, 0.15) is 60.7 Å². The van der Waals surface area contributed by atoms with Gasteiger partial charge in [-0.1, -0.05) is 6.07 Å². The van der Waals surface area contributed by atoms with Crippen molar-refractivity contribution in [3.05, 3.63) is 71.3 Å². The minimum atomic E-state index is -1.13. The number of aryl methyl sites for hydroxylation is 2. The van der Waals surface area contributed by atoms with Gasteiger partial charge >= 0.3 is 0 Å². The number of imidazole rings is 1. The molecule has 0 aliphatic carbocycles. The van der Waals surface area contributed by atoms with E-state index in [0.29, 0.717) is 28.5 Å². The van der Waals surface area contributed by atoms with Crippen LogP contribution in [0.25, 0.3) is 17.2 Å². The number of benzene rings is 1. The van der Waals surface area contributed by atoms with Crippen LogP contribution in [0.15, 0.2) is 42.9 Å². The number of pyridine rings is 1. The maximum Gasteiger partial charge on any atom is 0.259 e.